The monoisotopic (exact) mass is 383 g/mol. The van der Waals surface area contributed by atoms with Gasteiger partial charge in [0.2, 0.25) is 0 Å². The summed E-state index contributed by atoms with van der Waals surface area (Å²) in [5, 5.41) is 9.12. The summed E-state index contributed by atoms with van der Waals surface area (Å²) in [5.74, 6) is 1.90. The molecule has 142 valence electrons. The molecular formula is C21H25N3O2S. The number of benzene rings is 1. The molecule has 3 rings (SSSR count). The van der Waals surface area contributed by atoms with Gasteiger partial charge in [0, 0.05) is 12.1 Å². The van der Waals surface area contributed by atoms with Crippen LogP contribution < -0.4 is 0 Å². The molecule has 0 spiro atoms. The zero-order chi connectivity index (χ0) is 19.6. The van der Waals surface area contributed by atoms with Gasteiger partial charge in [0.25, 0.3) is 0 Å². The number of carbonyl (C=O) groups is 1. The molecule has 0 N–H and O–H groups in total. The van der Waals surface area contributed by atoms with Gasteiger partial charge in [0.1, 0.15) is 0 Å². The first-order valence-electron chi connectivity index (χ1n) is 9.12. The van der Waals surface area contributed by atoms with E-state index >= 15 is 0 Å². The zero-order valence-electron chi connectivity index (χ0n) is 16.4. The van der Waals surface area contributed by atoms with Crippen LogP contribution in [0.15, 0.2) is 46.2 Å². The lowest BCUT2D eigenvalue weighted by atomic mass is 10.0. The maximum absolute atomic E-state index is 12.9. The molecule has 6 heteroatoms. The van der Waals surface area contributed by atoms with Crippen molar-refractivity contribution < 1.29 is 9.21 Å². The summed E-state index contributed by atoms with van der Waals surface area (Å²) in [6, 6.07) is 9.56. The molecule has 2 aromatic heterocycles. The Morgan fingerprint density at radius 3 is 2.56 bits per heavy atom. The summed E-state index contributed by atoms with van der Waals surface area (Å²) >= 11 is 1.44. The van der Waals surface area contributed by atoms with Crippen molar-refractivity contribution >= 4 is 17.5 Å². The van der Waals surface area contributed by atoms with Crippen molar-refractivity contribution in [3.05, 3.63) is 53.3 Å². The number of carbonyl (C=O) groups excluding carboxylic acids is 1. The van der Waals surface area contributed by atoms with Gasteiger partial charge in [0.05, 0.1) is 11.5 Å². The summed E-state index contributed by atoms with van der Waals surface area (Å²) in [6.07, 6.45) is 1.63. The molecule has 1 aromatic carbocycles. The van der Waals surface area contributed by atoms with E-state index in [0.29, 0.717) is 17.5 Å². The molecular weight excluding hydrogens is 358 g/mol. The van der Waals surface area contributed by atoms with Crippen LogP contribution in [0.3, 0.4) is 0 Å². The Kier molecular flexibility index (Phi) is 5.85. The van der Waals surface area contributed by atoms with E-state index in [1.54, 1.807) is 6.26 Å². The fourth-order valence-corrected chi connectivity index (χ4v) is 3.77. The molecule has 0 amide bonds. The minimum Gasteiger partial charge on any atom is -0.461 e. The van der Waals surface area contributed by atoms with Crippen LogP contribution in [0.4, 0.5) is 0 Å². The quantitative estimate of drug-likeness (QED) is 0.416. The average molecular weight is 384 g/mol. The summed E-state index contributed by atoms with van der Waals surface area (Å²) in [5.41, 5.74) is 3.05. The molecule has 0 fully saturated rings. The van der Waals surface area contributed by atoms with Crippen molar-refractivity contribution in [1.29, 1.82) is 0 Å². The van der Waals surface area contributed by atoms with E-state index in [0.717, 1.165) is 22.8 Å². The van der Waals surface area contributed by atoms with E-state index < -0.39 is 0 Å². The number of rotatable bonds is 7. The molecule has 0 radical (unpaired) electrons. The predicted molar refractivity (Wildman–Crippen MR) is 108 cm³/mol. The lowest BCUT2D eigenvalue weighted by molar-refractivity contribution is 0.0993. The van der Waals surface area contributed by atoms with E-state index in [2.05, 4.69) is 24.0 Å². The van der Waals surface area contributed by atoms with Crippen molar-refractivity contribution in [2.24, 2.45) is 5.92 Å². The Hall–Kier alpha value is -2.34. The summed E-state index contributed by atoms with van der Waals surface area (Å²) < 4.78 is 7.54. The molecule has 0 saturated heterocycles. The van der Waals surface area contributed by atoms with Crippen LogP contribution in [0.5, 0.6) is 0 Å². The standard InChI is InChI=1S/C21H25N3O2S/c1-13(2)12-24-20(18-7-6-10-26-18)22-23-21(24)27-16(5)19(25)17-9-8-14(3)15(4)11-17/h6-11,13,16H,12H2,1-5H3. The third kappa shape index (κ3) is 4.33. The molecule has 0 aliphatic heterocycles. The fraction of sp³-hybridized carbons (Fsp3) is 0.381. The molecule has 0 saturated carbocycles. The highest BCUT2D eigenvalue weighted by Gasteiger charge is 2.23. The Bertz CT molecular complexity index is 929. The molecule has 1 unspecified atom stereocenters. The van der Waals surface area contributed by atoms with E-state index in [1.165, 1.54) is 17.3 Å². The number of Topliss-reactive ketones (excluding diaryl/α,β-unsaturated/α-hetero) is 1. The van der Waals surface area contributed by atoms with E-state index in [9.17, 15) is 4.79 Å². The lowest BCUT2D eigenvalue weighted by Crippen LogP contribution is -2.16. The van der Waals surface area contributed by atoms with Crippen molar-refractivity contribution in [3.8, 4) is 11.6 Å². The summed E-state index contributed by atoms with van der Waals surface area (Å²) in [7, 11) is 0. The molecule has 0 aliphatic carbocycles. The number of hydrogen-bond acceptors (Lipinski definition) is 5. The first kappa shape index (κ1) is 19.4. The highest BCUT2D eigenvalue weighted by molar-refractivity contribution is 8.00. The molecule has 2 heterocycles. The minimum atomic E-state index is -0.258. The van der Waals surface area contributed by atoms with Crippen LogP contribution in [-0.4, -0.2) is 25.8 Å². The van der Waals surface area contributed by atoms with Crippen molar-refractivity contribution in [3.63, 3.8) is 0 Å². The predicted octanol–water partition coefficient (Wildman–Crippen LogP) is 5.17. The summed E-state index contributed by atoms with van der Waals surface area (Å²) in [4.78, 5) is 12.9. The van der Waals surface area contributed by atoms with Gasteiger partial charge in [-0.15, -0.1) is 10.2 Å². The van der Waals surface area contributed by atoms with Crippen molar-refractivity contribution in [2.45, 2.75) is 51.6 Å². The van der Waals surface area contributed by atoms with Crippen LogP contribution in [-0.2, 0) is 6.54 Å². The number of ketones is 1. The number of thioether (sulfide) groups is 1. The Morgan fingerprint density at radius 1 is 1.15 bits per heavy atom. The highest BCUT2D eigenvalue weighted by Crippen LogP contribution is 2.29. The summed E-state index contributed by atoms with van der Waals surface area (Å²) in [6.45, 7) is 11.0. The lowest BCUT2D eigenvalue weighted by Gasteiger charge is -2.14. The van der Waals surface area contributed by atoms with Crippen LogP contribution in [0, 0.1) is 19.8 Å². The van der Waals surface area contributed by atoms with Gasteiger partial charge in [-0.3, -0.25) is 9.36 Å². The Balaban J connectivity index is 1.85. The van der Waals surface area contributed by atoms with Crippen LogP contribution in [0.25, 0.3) is 11.6 Å². The average Bonchev–Trinajstić information content (AvgIpc) is 3.27. The maximum atomic E-state index is 12.9. The first-order valence-corrected chi connectivity index (χ1v) is 10.00. The number of hydrogen-bond donors (Lipinski definition) is 0. The van der Waals surface area contributed by atoms with Gasteiger partial charge in [-0.1, -0.05) is 37.7 Å². The molecule has 3 aromatic rings. The zero-order valence-corrected chi connectivity index (χ0v) is 17.2. The second kappa shape index (κ2) is 8.13. The fourth-order valence-electron chi connectivity index (χ4n) is 2.83. The van der Waals surface area contributed by atoms with Gasteiger partial charge in [-0.05, 0) is 56.0 Å². The minimum absolute atomic E-state index is 0.0988. The third-order valence-corrected chi connectivity index (χ3v) is 5.53. The number of aryl methyl sites for hydroxylation is 2. The number of nitrogens with zero attached hydrogens (tertiary/aromatic N) is 3. The van der Waals surface area contributed by atoms with Gasteiger partial charge in [-0.25, -0.2) is 0 Å². The second-order valence-electron chi connectivity index (χ2n) is 7.21. The first-order chi connectivity index (χ1) is 12.9. The Labute approximate surface area is 164 Å². The smallest absolute Gasteiger partial charge is 0.200 e. The van der Waals surface area contributed by atoms with Crippen LogP contribution >= 0.6 is 11.8 Å². The van der Waals surface area contributed by atoms with E-state index in [1.807, 2.05) is 55.7 Å². The second-order valence-corrected chi connectivity index (χ2v) is 8.52. The number of aromatic nitrogens is 3. The molecule has 0 bridgehead atoms. The van der Waals surface area contributed by atoms with Gasteiger partial charge in [0.15, 0.2) is 22.5 Å². The van der Waals surface area contributed by atoms with Gasteiger partial charge < -0.3 is 4.42 Å². The van der Waals surface area contributed by atoms with Crippen LogP contribution in [0.1, 0.15) is 42.3 Å². The van der Waals surface area contributed by atoms with Gasteiger partial charge in [-0.2, -0.15) is 0 Å². The van der Waals surface area contributed by atoms with Gasteiger partial charge >= 0.3 is 0 Å². The van der Waals surface area contributed by atoms with Crippen molar-refractivity contribution in [1.82, 2.24) is 14.8 Å². The highest BCUT2D eigenvalue weighted by atomic mass is 32.2. The molecule has 5 nitrogen and oxygen atoms in total. The van der Waals surface area contributed by atoms with Crippen molar-refractivity contribution in [2.75, 3.05) is 0 Å². The van der Waals surface area contributed by atoms with Crippen LogP contribution in [0.2, 0.25) is 0 Å². The molecule has 1 atom stereocenters. The topological polar surface area (TPSA) is 60.9 Å². The normalized spacial score (nSPS) is 12.5. The SMILES string of the molecule is Cc1ccc(C(=O)C(C)Sc2nnc(-c3ccco3)n2CC(C)C)cc1C. The van der Waals surface area contributed by atoms with E-state index in [4.69, 9.17) is 4.42 Å². The largest absolute Gasteiger partial charge is 0.461 e. The maximum Gasteiger partial charge on any atom is 0.200 e. The third-order valence-electron chi connectivity index (χ3n) is 4.45. The molecule has 0 aliphatic rings. The Morgan fingerprint density at radius 2 is 1.93 bits per heavy atom. The number of furan rings is 1. The molecule has 27 heavy (non-hydrogen) atoms. The van der Waals surface area contributed by atoms with E-state index in [-0.39, 0.29) is 11.0 Å².